The Morgan fingerprint density at radius 1 is 1.00 bits per heavy atom. The topological polar surface area (TPSA) is 86.3 Å². The van der Waals surface area contributed by atoms with E-state index in [-0.39, 0.29) is 11.7 Å². The third-order valence-corrected chi connectivity index (χ3v) is 4.73. The van der Waals surface area contributed by atoms with Crippen molar-refractivity contribution < 1.29 is 9.90 Å². The number of rotatable bonds is 4. The zero-order valence-corrected chi connectivity index (χ0v) is 16.1. The summed E-state index contributed by atoms with van der Waals surface area (Å²) in [4.78, 5) is 17.5. The average Bonchev–Trinajstić information content (AvgIpc) is 2.75. The van der Waals surface area contributed by atoms with Gasteiger partial charge in [-0.25, -0.2) is 4.98 Å². The van der Waals surface area contributed by atoms with Crippen molar-refractivity contribution in [3.8, 4) is 5.75 Å². The van der Waals surface area contributed by atoms with Crippen LogP contribution >= 0.6 is 12.2 Å². The van der Waals surface area contributed by atoms with Gasteiger partial charge in [-0.15, -0.1) is 0 Å². The van der Waals surface area contributed by atoms with Crippen molar-refractivity contribution in [3.63, 3.8) is 0 Å². The Balaban J connectivity index is 1.83. The number of phenols is 1. The quantitative estimate of drug-likeness (QED) is 0.501. The van der Waals surface area contributed by atoms with E-state index in [1.54, 1.807) is 48.7 Å². The van der Waals surface area contributed by atoms with Gasteiger partial charge in [-0.05, 0) is 47.6 Å². The second kappa shape index (κ2) is 8.12. The number of hydrogen-bond acceptors (Lipinski definition) is 4. The summed E-state index contributed by atoms with van der Waals surface area (Å²) in [5, 5.41) is 19.2. The molecule has 4 N–H and O–H groups in total. The van der Waals surface area contributed by atoms with E-state index in [2.05, 4.69) is 20.9 Å². The Kier molecular flexibility index (Phi) is 5.22. The molecule has 0 radical (unpaired) electrons. The lowest BCUT2D eigenvalue weighted by Crippen LogP contribution is -2.45. The molecule has 1 aliphatic heterocycles. The first kappa shape index (κ1) is 18.6. The van der Waals surface area contributed by atoms with E-state index in [4.69, 9.17) is 12.2 Å². The summed E-state index contributed by atoms with van der Waals surface area (Å²) < 4.78 is 0. The van der Waals surface area contributed by atoms with Gasteiger partial charge in [0.1, 0.15) is 11.6 Å². The molecule has 1 atom stereocenters. The number of pyridine rings is 1. The van der Waals surface area contributed by atoms with E-state index in [9.17, 15) is 9.90 Å². The number of carbonyl (C=O) groups is 1. The number of aromatic hydroxyl groups is 1. The van der Waals surface area contributed by atoms with Crippen molar-refractivity contribution in [1.82, 2.24) is 15.6 Å². The molecule has 2 heterocycles. The average molecular weight is 402 g/mol. The fraction of sp³-hybridized carbons (Fsp3) is 0.0455. The van der Waals surface area contributed by atoms with Crippen molar-refractivity contribution in [1.29, 1.82) is 0 Å². The number of aromatic nitrogens is 1. The molecule has 0 saturated heterocycles. The molecule has 4 rings (SSSR count). The van der Waals surface area contributed by atoms with Gasteiger partial charge in [0.15, 0.2) is 5.11 Å². The lowest BCUT2D eigenvalue weighted by Gasteiger charge is -2.31. The highest BCUT2D eigenvalue weighted by atomic mass is 32.1. The fourth-order valence-electron chi connectivity index (χ4n) is 3.18. The molecular weight excluding hydrogens is 384 g/mol. The molecule has 3 aromatic rings. The van der Waals surface area contributed by atoms with Crippen molar-refractivity contribution in [2.24, 2.45) is 0 Å². The van der Waals surface area contributed by atoms with E-state index >= 15 is 0 Å². The van der Waals surface area contributed by atoms with E-state index in [0.717, 1.165) is 11.1 Å². The molecule has 0 spiro atoms. The summed E-state index contributed by atoms with van der Waals surface area (Å²) in [6.07, 6.45) is 1.62. The van der Waals surface area contributed by atoms with E-state index in [1.807, 2.05) is 30.3 Å². The van der Waals surface area contributed by atoms with Crippen LogP contribution in [0.4, 0.5) is 5.82 Å². The van der Waals surface area contributed by atoms with Gasteiger partial charge in [-0.3, -0.25) is 4.79 Å². The molecule has 0 bridgehead atoms. The SMILES string of the molecule is O=C(Nc1ccccn1)C1=C(c2ccccc2)NC(=S)N[C@H]1c1ccc(O)cc1. The van der Waals surface area contributed by atoms with E-state index in [0.29, 0.717) is 22.2 Å². The summed E-state index contributed by atoms with van der Waals surface area (Å²) in [5.74, 6) is 0.301. The predicted octanol–water partition coefficient (Wildman–Crippen LogP) is 3.36. The van der Waals surface area contributed by atoms with Crippen LogP contribution in [0, 0.1) is 0 Å². The van der Waals surface area contributed by atoms with Gasteiger partial charge in [0.05, 0.1) is 17.3 Å². The van der Waals surface area contributed by atoms with Crippen LogP contribution in [0.2, 0.25) is 0 Å². The summed E-state index contributed by atoms with van der Waals surface area (Å²) >= 11 is 5.40. The number of nitrogens with one attached hydrogen (secondary N) is 3. The highest BCUT2D eigenvalue weighted by Gasteiger charge is 2.32. The van der Waals surface area contributed by atoms with Crippen molar-refractivity contribution in [2.75, 3.05) is 5.32 Å². The second-order valence-corrected chi connectivity index (χ2v) is 6.86. The maximum Gasteiger partial charge on any atom is 0.257 e. The van der Waals surface area contributed by atoms with Gasteiger partial charge in [-0.1, -0.05) is 48.5 Å². The summed E-state index contributed by atoms with van der Waals surface area (Å²) in [6, 6.07) is 21.0. The zero-order chi connectivity index (χ0) is 20.2. The Bertz CT molecular complexity index is 1070. The number of carbonyl (C=O) groups excluding carboxylic acids is 1. The first-order valence-electron chi connectivity index (χ1n) is 9.00. The minimum absolute atomic E-state index is 0.150. The lowest BCUT2D eigenvalue weighted by atomic mass is 9.92. The molecule has 1 aliphatic rings. The molecule has 0 aliphatic carbocycles. The smallest absolute Gasteiger partial charge is 0.257 e. The van der Waals surface area contributed by atoms with Gasteiger partial charge in [-0.2, -0.15) is 0 Å². The van der Waals surface area contributed by atoms with Crippen LogP contribution in [0.25, 0.3) is 5.70 Å². The van der Waals surface area contributed by atoms with Gasteiger partial charge in [0.2, 0.25) is 0 Å². The van der Waals surface area contributed by atoms with Crippen LogP contribution in [0.15, 0.2) is 84.6 Å². The fourth-order valence-corrected chi connectivity index (χ4v) is 3.40. The largest absolute Gasteiger partial charge is 0.508 e. The second-order valence-electron chi connectivity index (χ2n) is 6.45. The van der Waals surface area contributed by atoms with Gasteiger partial charge < -0.3 is 21.1 Å². The Morgan fingerprint density at radius 2 is 1.72 bits per heavy atom. The van der Waals surface area contributed by atoms with Crippen LogP contribution in [-0.2, 0) is 4.79 Å². The highest BCUT2D eigenvalue weighted by molar-refractivity contribution is 7.80. The number of hydrogen-bond donors (Lipinski definition) is 4. The summed E-state index contributed by atoms with van der Waals surface area (Å²) in [6.45, 7) is 0. The summed E-state index contributed by atoms with van der Waals surface area (Å²) in [5.41, 5.74) is 2.74. The molecular formula is C22H18N4O2S. The van der Waals surface area contributed by atoms with Gasteiger partial charge in [0.25, 0.3) is 5.91 Å². The van der Waals surface area contributed by atoms with Gasteiger partial charge in [0, 0.05) is 6.20 Å². The zero-order valence-electron chi connectivity index (χ0n) is 15.3. The van der Waals surface area contributed by atoms with Crippen molar-refractivity contribution >= 4 is 34.8 Å². The lowest BCUT2D eigenvalue weighted by molar-refractivity contribution is -0.113. The van der Waals surface area contributed by atoms with Crippen LogP contribution in [0.1, 0.15) is 17.2 Å². The molecule has 0 unspecified atom stereocenters. The molecule has 6 nitrogen and oxygen atoms in total. The number of benzene rings is 2. The van der Waals surface area contributed by atoms with Crippen molar-refractivity contribution in [2.45, 2.75) is 6.04 Å². The predicted molar refractivity (Wildman–Crippen MR) is 116 cm³/mol. The number of amides is 1. The van der Waals surface area contributed by atoms with Crippen LogP contribution < -0.4 is 16.0 Å². The van der Waals surface area contributed by atoms with E-state index < -0.39 is 6.04 Å². The molecule has 2 aromatic carbocycles. The van der Waals surface area contributed by atoms with E-state index in [1.165, 1.54) is 0 Å². The minimum atomic E-state index is -0.497. The first-order chi connectivity index (χ1) is 14.1. The standard InChI is InChI=1S/C22H18N4O2S/c27-16-11-9-15(10-12-16)20-18(21(28)24-17-8-4-5-13-23-17)19(25-22(29)26-20)14-6-2-1-3-7-14/h1-13,20,27H,(H,23,24,28)(H2,25,26,29)/t20-/m0/s1. The number of anilines is 1. The molecule has 7 heteroatoms. The van der Waals surface area contributed by atoms with Crippen LogP contribution in [0.3, 0.4) is 0 Å². The summed E-state index contributed by atoms with van der Waals surface area (Å²) in [7, 11) is 0. The first-order valence-corrected chi connectivity index (χ1v) is 9.41. The maximum atomic E-state index is 13.3. The molecule has 1 amide bonds. The molecule has 1 aromatic heterocycles. The molecule has 0 fully saturated rings. The van der Waals surface area contributed by atoms with Crippen LogP contribution in [-0.4, -0.2) is 21.1 Å². The van der Waals surface area contributed by atoms with Crippen molar-refractivity contribution in [3.05, 3.63) is 95.7 Å². The minimum Gasteiger partial charge on any atom is -0.508 e. The Hall–Kier alpha value is -3.71. The third kappa shape index (κ3) is 4.09. The molecule has 29 heavy (non-hydrogen) atoms. The number of phenolic OH excluding ortho intramolecular Hbond substituents is 1. The highest BCUT2D eigenvalue weighted by Crippen LogP contribution is 2.32. The molecule has 144 valence electrons. The van der Waals surface area contributed by atoms with Gasteiger partial charge >= 0.3 is 0 Å². The number of thiocarbonyl (C=S) groups is 1. The Morgan fingerprint density at radius 3 is 2.41 bits per heavy atom. The third-order valence-electron chi connectivity index (χ3n) is 4.51. The normalized spacial score (nSPS) is 16.0. The monoisotopic (exact) mass is 402 g/mol. The Labute approximate surface area is 173 Å². The van der Waals surface area contributed by atoms with Crippen LogP contribution in [0.5, 0.6) is 5.75 Å². The maximum absolute atomic E-state index is 13.3. The number of nitrogens with zero attached hydrogens (tertiary/aromatic N) is 1. The molecule has 0 saturated carbocycles.